The van der Waals surface area contributed by atoms with E-state index < -0.39 is 23.1 Å². The van der Waals surface area contributed by atoms with Gasteiger partial charge in [-0.3, -0.25) is 14.7 Å². The van der Waals surface area contributed by atoms with Gasteiger partial charge < -0.3 is 0 Å². The van der Waals surface area contributed by atoms with Crippen LogP contribution >= 0.6 is 35.0 Å². The fraction of sp³-hybridized carbons (Fsp3) is 0.176. The van der Waals surface area contributed by atoms with Gasteiger partial charge in [0.05, 0.1) is 6.54 Å². The first kappa shape index (κ1) is 18.2. The summed E-state index contributed by atoms with van der Waals surface area (Å²) in [7, 11) is 0. The van der Waals surface area contributed by atoms with Crippen molar-refractivity contribution in [3.05, 3.63) is 69.2 Å². The number of thioether (sulfide) groups is 1. The van der Waals surface area contributed by atoms with Gasteiger partial charge in [-0.15, -0.1) is 0 Å². The second-order valence-corrected chi connectivity index (χ2v) is 7.03. The van der Waals surface area contributed by atoms with Crippen molar-refractivity contribution >= 4 is 46.0 Å². The van der Waals surface area contributed by atoms with Gasteiger partial charge in [0.2, 0.25) is 0 Å². The number of nitrogens with zero attached hydrogens (tertiary/aromatic N) is 2. The molecule has 0 aliphatic carbocycles. The van der Waals surface area contributed by atoms with E-state index in [1.807, 2.05) is 0 Å². The normalized spacial score (nSPS) is 13.9. The van der Waals surface area contributed by atoms with Gasteiger partial charge in [-0.05, 0) is 29.8 Å². The Balaban J connectivity index is 1.75. The molecule has 1 amide bonds. The fourth-order valence-electron chi connectivity index (χ4n) is 2.36. The number of amidine groups is 1. The molecule has 1 heterocycles. The van der Waals surface area contributed by atoms with Gasteiger partial charge in [0, 0.05) is 22.3 Å². The van der Waals surface area contributed by atoms with E-state index in [-0.39, 0.29) is 6.54 Å². The quantitative estimate of drug-likeness (QED) is 0.724. The lowest BCUT2D eigenvalue weighted by atomic mass is 10.1. The Morgan fingerprint density at radius 1 is 1.20 bits per heavy atom. The van der Waals surface area contributed by atoms with Crippen molar-refractivity contribution in [2.75, 3.05) is 13.1 Å². The molecule has 2 aromatic rings. The lowest BCUT2D eigenvalue weighted by Crippen LogP contribution is -2.34. The van der Waals surface area contributed by atoms with Crippen molar-refractivity contribution in [1.29, 1.82) is 0 Å². The summed E-state index contributed by atoms with van der Waals surface area (Å²) >= 11 is 13.3. The monoisotopic (exact) mass is 400 g/mol. The van der Waals surface area contributed by atoms with Crippen LogP contribution in [0.1, 0.15) is 15.9 Å². The number of rotatable bonds is 3. The largest absolute Gasteiger partial charge is 0.285 e. The molecule has 0 spiro atoms. The summed E-state index contributed by atoms with van der Waals surface area (Å²) in [5.74, 6) is -2.05. The summed E-state index contributed by atoms with van der Waals surface area (Å²) in [5.41, 5.74) is 0.261. The van der Waals surface area contributed by atoms with E-state index in [0.29, 0.717) is 27.5 Å². The second-order valence-electron chi connectivity index (χ2n) is 5.24. The average molecular weight is 401 g/mol. The minimum Gasteiger partial charge on any atom is -0.285 e. The zero-order valence-electron chi connectivity index (χ0n) is 12.8. The van der Waals surface area contributed by atoms with E-state index in [2.05, 4.69) is 4.99 Å². The van der Waals surface area contributed by atoms with E-state index in [1.165, 1.54) is 22.7 Å². The molecule has 1 aliphatic rings. The molecular weight excluding hydrogens is 389 g/mol. The molecule has 0 bridgehead atoms. The molecule has 25 heavy (non-hydrogen) atoms. The van der Waals surface area contributed by atoms with Crippen molar-refractivity contribution in [1.82, 2.24) is 4.90 Å². The van der Waals surface area contributed by atoms with Crippen LogP contribution in [0.3, 0.4) is 0 Å². The lowest BCUT2D eigenvalue weighted by molar-refractivity contribution is 0.0851. The molecule has 3 rings (SSSR count). The molecule has 0 aromatic heterocycles. The van der Waals surface area contributed by atoms with Crippen molar-refractivity contribution in [3.63, 3.8) is 0 Å². The highest BCUT2D eigenvalue weighted by Gasteiger charge is 2.29. The van der Waals surface area contributed by atoms with Gasteiger partial charge >= 0.3 is 0 Å². The Kier molecular flexibility index (Phi) is 5.61. The van der Waals surface area contributed by atoms with E-state index in [1.54, 1.807) is 18.2 Å². The Morgan fingerprint density at radius 3 is 2.60 bits per heavy atom. The number of benzene rings is 2. The van der Waals surface area contributed by atoms with Crippen LogP contribution in [0.5, 0.6) is 0 Å². The molecule has 3 nitrogen and oxygen atoms in total. The van der Waals surface area contributed by atoms with Crippen LogP contribution in [0.2, 0.25) is 10.0 Å². The van der Waals surface area contributed by atoms with Crippen molar-refractivity contribution in [2.24, 2.45) is 4.99 Å². The first-order valence-electron chi connectivity index (χ1n) is 7.34. The molecule has 130 valence electrons. The maximum atomic E-state index is 13.9. The van der Waals surface area contributed by atoms with Gasteiger partial charge in [0.1, 0.15) is 17.2 Å². The van der Waals surface area contributed by atoms with Gasteiger partial charge in [-0.25, -0.2) is 8.78 Å². The summed E-state index contributed by atoms with van der Waals surface area (Å²) in [6, 6.07) is 8.48. The molecular formula is C17H12Cl2F2N2OS. The Morgan fingerprint density at radius 2 is 1.92 bits per heavy atom. The second kappa shape index (κ2) is 7.72. The number of aliphatic imine (C=N–C) groups is 1. The molecule has 1 aliphatic heterocycles. The van der Waals surface area contributed by atoms with E-state index in [0.717, 1.165) is 17.7 Å². The number of halogens is 4. The van der Waals surface area contributed by atoms with Crippen molar-refractivity contribution in [3.8, 4) is 0 Å². The summed E-state index contributed by atoms with van der Waals surface area (Å²) in [6.45, 7) is 0.668. The first-order chi connectivity index (χ1) is 12.0. The number of carbonyl (C=O) groups is 1. The summed E-state index contributed by atoms with van der Waals surface area (Å²) in [5, 5.41) is 1.46. The van der Waals surface area contributed by atoms with Crippen LogP contribution in [-0.4, -0.2) is 29.1 Å². The highest BCUT2D eigenvalue weighted by molar-refractivity contribution is 8.13. The summed E-state index contributed by atoms with van der Waals surface area (Å²) in [4.78, 5) is 18.1. The number of hydrogen-bond donors (Lipinski definition) is 0. The third kappa shape index (κ3) is 3.97. The van der Waals surface area contributed by atoms with E-state index in [4.69, 9.17) is 23.2 Å². The molecule has 0 unspecified atom stereocenters. The smallest absolute Gasteiger partial charge is 0.265 e. The Labute approximate surface area is 157 Å². The van der Waals surface area contributed by atoms with Gasteiger partial charge in [-0.2, -0.15) is 0 Å². The molecule has 0 radical (unpaired) electrons. The minimum atomic E-state index is -0.887. The molecule has 8 heteroatoms. The predicted octanol–water partition coefficient (Wildman–Crippen LogP) is 5.02. The predicted molar refractivity (Wildman–Crippen MR) is 97.5 cm³/mol. The van der Waals surface area contributed by atoms with Crippen molar-refractivity contribution < 1.29 is 13.6 Å². The zero-order chi connectivity index (χ0) is 18.0. The molecule has 0 saturated heterocycles. The standard InChI is InChI=1S/C17H12Cl2F2N2OS/c18-11-5-4-10(12(19)8-11)9-25-17-22-6-7-23(17)16(24)15-13(20)2-1-3-14(15)21/h1-5,8H,6-7,9H2. The van der Waals surface area contributed by atoms with Gasteiger partial charge in [-0.1, -0.05) is 47.1 Å². The number of hydrogen-bond acceptors (Lipinski definition) is 3. The van der Waals surface area contributed by atoms with E-state index in [9.17, 15) is 13.6 Å². The zero-order valence-corrected chi connectivity index (χ0v) is 15.1. The Hall–Kier alpha value is -1.63. The summed E-state index contributed by atoms with van der Waals surface area (Å²) in [6.07, 6.45) is 0. The van der Waals surface area contributed by atoms with Crippen LogP contribution in [0.4, 0.5) is 8.78 Å². The van der Waals surface area contributed by atoms with Crippen LogP contribution in [0.15, 0.2) is 41.4 Å². The third-order valence-corrected chi connectivity index (χ3v) is 5.25. The number of amides is 1. The lowest BCUT2D eigenvalue weighted by Gasteiger charge is -2.18. The Bertz CT molecular complexity index is 840. The van der Waals surface area contributed by atoms with Gasteiger partial charge in [0.15, 0.2) is 5.17 Å². The molecule has 0 fully saturated rings. The first-order valence-corrected chi connectivity index (χ1v) is 9.08. The van der Waals surface area contributed by atoms with Gasteiger partial charge in [0.25, 0.3) is 5.91 Å². The highest BCUT2D eigenvalue weighted by Crippen LogP contribution is 2.28. The average Bonchev–Trinajstić information content (AvgIpc) is 3.02. The maximum Gasteiger partial charge on any atom is 0.265 e. The third-order valence-electron chi connectivity index (χ3n) is 3.60. The molecule has 0 atom stereocenters. The topological polar surface area (TPSA) is 32.7 Å². The van der Waals surface area contributed by atoms with Crippen LogP contribution < -0.4 is 0 Å². The minimum absolute atomic E-state index is 0.281. The molecule has 2 aromatic carbocycles. The highest BCUT2D eigenvalue weighted by atomic mass is 35.5. The maximum absolute atomic E-state index is 13.9. The van der Waals surface area contributed by atoms with Crippen molar-refractivity contribution in [2.45, 2.75) is 5.75 Å². The summed E-state index contributed by atoms with van der Waals surface area (Å²) < 4.78 is 27.7. The van der Waals surface area contributed by atoms with Crippen LogP contribution in [0, 0.1) is 11.6 Å². The molecule has 0 N–H and O–H groups in total. The number of carbonyl (C=O) groups excluding carboxylic acids is 1. The fourth-order valence-corrected chi connectivity index (χ4v) is 3.96. The SMILES string of the molecule is O=C(c1c(F)cccc1F)N1CCN=C1SCc1ccc(Cl)cc1Cl. The van der Waals surface area contributed by atoms with E-state index >= 15 is 0 Å². The van der Waals surface area contributed by atoms with Crippen LogP contribution in [-0.2, 0) is 5.75 Å². The molecule has 0 saturated carbocycles. The van der Waals surface area contributed by atoms with Crippen LogP contribution in [0.25, 0.3) is 0 Å².